The number of hydrogen-bond donors (Lipinski definition) is 1. The largest absolute Gasteiger partial charge is 0.460 e. The van der Waals surface area contributed by atoms with Crippen LogP contribution in [-0.4, -0.2) is 29.6 Å². The van der Waals surface area contributed by atoms with Crippen molar-refractivity contribution in [2.24, 2.45) is 0 Å². The number of nitrogens with one attached hydrogen (secondary N) is 1. The van der Waals surface area contributed by atoms with Crippen molar-refractivity contribution in [2.45, 2.75) is 39.2 Å². The summed E-state index contributed by atoms with van der Waals surface area (Å²) in [5, 5.41) is 3.23. The topological polar surface area (TPSA) is 51.2 Å². The third-order valence-corrected chi connectivity index (χ3v) is 2.27. The van der Waals surface area contributed by atoms with E-state index < -0.39 is 5.60 Å². The SMILES string of the molecule is CC(C)(C)OC(=O)CCNCCc1ccncc1. The van der Waals surface area contributed by atoms with Gasteiger partial charge in [-0.15, -0.1) is 0 Å². The number of pyridine rings is 1. The highest BCUT2D eigenvalue weighted by atomic mass is 16.6. The van der Waals surface area contributed by atoms with Gasteiger partial charge in [0.15, 0.2) is 0 Å². The lowest BCUT2D eigenvalue weighted by Gasteiger charge is -2.19. The summed E-state index contributed by atoms with van der Waals surface area (Å²) in [4.78, 5) is 15.4. The van der Waals surface area contributed by atoms with E-state index in [1.807, 2.05) is 32.9 Å². The summed E-state index contributed by atoms with van der Waals surface area (Å²) in [6.45, 7) is 7.14. The molecule has 4 heteroatoms. The quantitative estimate of drug-likeness (QED) is 0.619. The molecule has 0 saturated carbocycles. The minimum absolute atomic E-state index is 0.154. The molecule has 0 fully saturated rings. The van der Waals surface area contributed by atoms with E-state index in [4.69, 9.17) is 4.74 Å². The zero-order chi connectivity index (χ0) is 13.4. The third kappa shape index (κ3) is 7.01. The van der Waals surface area contributed by atoms with E-state index in [2.05, 4.69) is 10.3 Å². The molecule has 100 valence electrons. The van der Waals surface area contributed by atoms with Crippen LogP contribution in [0.3, 0.4) is 0 Å². The fourth-order valence-electron chi connectivity index (χ4n) is 1.49. The molecule has 4 nitrogen and oxygen atoms in total. The molecular formula is C14H22N2O2. The maximum Gasteiger partial charge on any atom is 0.307 e. The molecule has 1 rings (SSSR count). The number of hydrogen-bond acceptors (Lipinski definition) is 4. The van der Waals surface area contributed by atoms with E-state index in [9.17, 15) is 4.79 Å². The Morgan fingerprint density at radius 3 is 2.56 bits per heavy atom. The van der Waals surface area contributed by atoms with E-state index in [0.29, 0.717) is 13.0 Å². The van der Waals surface area contributed by atoms with Gasteiger partial charge in [-0.2, -0.15) is 0 Å². The van der Waals surface area contributed by atoms with Gasteiger partial charge in [-0.25, -0.2) is 0 Å². The van der Waals surface area contributed by atoms with Crippen LogP contribution < -0.4 is 5.32 Å². The summed E-state index contributed by atoms with van der Waals surface area (Å²) < 4.78 is 5.22. The summed E-state index contributed by atoms with van der Waals surface area (Å²) in [7, 11) is 0. The standard InChI is InChI=1S/C14H22N2O2/c1-14(2,3)18-13(17)7-11-16-10-6-12-4-8-15-9-5-12/h4-5,8-9,16H,6-7,10-11H2,1-3H3. The monoisotopic (exact) mass is 250 g/mol. The van der Waals surface area contributed by atoms with Gasteiger partial charge in [0.25, 0.3) is 0 Å². The van der Waals surface area contributed by atoms with Crippen molar-refractivity contribution in [1.82, 2.24) is 10.3 Å². The van der Waals surface area contributed by atoms with Crippen LogP contribution in [0.25, 0.3) is 0 Å². The van der Waals surface area contributed by atoms with Crippen LogP contribution >= 0.6 is 0 Å². The Morgan fingerprint density at radius 1 is 1.28 bits per heavy atom. The highest BCUT2D eigenvalue weighted by Gasteiger charge is 2.15. The molecule has 0 aliphatic rings. The molecule has 0 saturated heterocycles. The van der Waals surface area contributed by atoms with Crippen molar-refractivity contribution in [3.8, 4) is 0 Å². The fraction of sp³-hybridized carbons (Fsp3) is 0.571. The van der Waals surface area contributed by atoms with Crippen LogP contribution in [0.15, 0.2) is 24.5 Å². The van der Waals surface area contributed by atoms with Crippen molar-refractivity contribution in [2.75, 3.05) is 13.1 Å². The lowest BCUT2D eigenvalue weighted by Crippen LogP contribution is -2.27. The van der Waals surface area contributed by atoms with Crippen LogP contribution in [0, 0.1) is 0 Å². The first-order chi connectivity index (χ1) is 8.47. The average Bonchev–Trinajstić information content (AvgIpc) is 2.27. The van der Waals surface area contributed by atoms with Crippen molar-refractivity contribution in [3.05, 3.63) is 30.1 Å². The normalized spacial score (nSPS) is 11.3. The summed E-state index contributed by atoms with van der Waals surface area (Å²) in [5.74, 6) is -0.154. The van der Waals surface area contributed by atoms with Gasteiger partial charge < -0.3 is 10.1 Å². The predicted molar refractivity (Wildman–Crippen MR) is 71.3 cm³/mol. The molecule has 18 heavy (non-hydrogen) atoms. The Labute approximate surface area is 109 Å². The van der Waals surface area contributed by atoms with Crippen molar-refractivity contribution < 1.29 is 9.53 Å². The van der Waals surface area contributed by atoms with Crippen LogP contribution in [0.1, 0.15) is 32.8 Å². The van der Waals surface area contributed by atoms with Gasteiger partial charge >= 0.3 is 5.97 Å². The van der Waals surface area contributed by atoms with E-state index >= 15 is 0 Å². The highest BCUT2D eigenvalue weighted by molar-refractivity contribution is 5.70. The van der Waals surface area contributed by atoms with Gasteiger partial charge in [-0.3, -0.25) is 9.78 Å². The minimum atomic E-state index is -0.395. The lowest BCUT2D eigenvalue weighted by molar-refractivity contribution is -0.154. The fourth-order valence-corrected chi connectivity index (χ4v) is 1.49. The molecule has 1 aromatic rings. The summed E-state index contributed by atoms with van der Waals surface area (Å²) in [6, 6.07) is 3.99. The van der Waals surface area contributed by atoms with Crippen molar-refractivity contribution >= 4 is 5.97 Å². The Hall–Kier alpha value is -1.42. The molecule has 0 spiro atoms. The van der Waals surface area contributed by atoms with Gasteiger partial charge in [-0.1, -0.05) is 0 Å². The number of rotatable bonds is 6. The van der Waals surface area contributed by atoms with Crippen molar-refractivity contribution in [3.63, 3.8) is 0 Å². The van der Waals surface area contributed by atoms with Crippen LogP contribution in [0.2, 0.25) is 0 Å². The molecular weight excluding hydrogens is 228 g/mol. The van der Waals surface area contributed by atoms with Crippen LogP contribution in [-0.2, 0) is 16.0 Å². The summed E-state index contributed by atoms with van der Waals surface area (Å²) >= 11 is 0. The molecule has 0 radical (unpaired) electrons. The first kappa shape index (κ1) is 14.6. The van der Waals surface area contributed by atoms with Gasteiger partial charge in [0.2, 0.25) is 0 Å². The highest BCUT2D eigenvalue weighted by Crippen LogP contribution is 2.07. The van der Waals surface area contributed by atoms with E-state index in [1.54, 1.807) is 12.4 Å². The first-order valence-corrected chi connectivity index (χ1v) is 6.29. The second kappa shape index (κ2) is 7.11. The molecule has 1 aromatic heterocycles. The molecule has 1 N–H and O–H groups in total. The number of esters is 1. The van der Waals surface area contributed by atoms with Crippen LogP contribution in [0.5, 0.6) is 0 Å². The molecule has 0 aliphatic heterocycles. The number of nitrogens with zero attached hydrogens (tertiary/aromatic N) is 1. The summed E-state index contributed by atoms with van der Waals surface area (Å²) in [5.41, 5.74) is 0.850. The van der Waals surface area contributed by atoms with E-state index in [-0.39, 0.29) is 5.97 Å². The summed E-state index contributed by atoms with van der Waals surface area (Å²) in [6.07, 6.45) is 4.93. The minimum Gasteiger partial charge on any atom is -0.460 e. The van der Waals surface area contributed by atoms with E-state index in [1.165, 1.54) is 5.56 Å². The van der Waals surface area contributed by atoms with Crippen molar-refractivity contribution in [1.29, 1.82) is 0 Å². The molecule has 0 bridgehead atoms. The average molecular weight is 250 g/mol. The lowest BCUT2D eigenvalue weighted by atomic mass is 10.2. The molecule has 0 unspecified atom stereocenters. The first-order valence-electron chi connectivity index (χ1n) is 6.29. The Morgan fingerprint density at radius 2 is 1.94 bits per heavy atom. The smallest absolute Gasteiger partial charge is 0.307 e. The maximum atomic E-state index is 11.4. The second-order valence-electron chi connectivity index (χ2n) is 5.19. The van der Waals surface area contributed by atoms with Gasteiger partial charge in [0, 0.05) is 18.9 Å². The van der Waals surface area contributed by atoms with Gasteiger partial charge in [-0.05, 0) is 51.4 Å². The molecule has 0 amide bonds. The number of ether oxygens (including phenoxy) is 1. The zero-order valence-electron chi connectivity index (χ0n) is 11.4. The Kier molecular flexibility index (Phi) is 5.78. The predicted octanol–water partition coefficient (Wildman–Crippen LogP) is 1.95. The Bertz CT molecular complexity index is 358. The maximum absolute atomic E-state index is 11.4. The number of carbonyl (C=O) groups is 1. The molecule has 1 heterocycles. The van der Waals surface area contributed by atoms with Gasteiger partial charge in [0.05, 0.1) is 6.42 Å². The molecule has 0 aromatic carbocycles. The molecule has 0 aliphatic carbocycles. The van der Waals surface area contributed by atoms with E-state index in [0.717, 1.165) is 13.0 Å². The Balaban J connectivity index is 2.07. The second-order valence-corrected chi connectivity index (χ2v) is 5.19. The van der Waals surface area contributed by atoms with Crippen LogP contribution in [0.4, 0.5) is 0 Å². The van der Waals surface area contributed by atoms with Gasteiger partial charge in [0.1, 0.15) is 5.60 Å². The number of aromatic nitrogens is 1. The third-order valence-electron chi connectivity index (χ3n) is 2.27. The molecule has 0 atom stereocenters. The zero-order valence-corrected chi connectivity index (χ0v) is 11.4. The number of carbonyl (C=O) groups excluding carboxylic acids is 1.